The number of carbonyl (C=O) groups is 2. The number of pyridine rings is 1. The molecule has 2 aliphatic rings. The Labute approximate surface area is 138 Å². The summed E-state index contributed by atoms with van der Waals surface area (Å²) in [7, 11) is 0. The van der Waals surface area contributed by atoms with Crippen molar-refractivity contribution in [2.24, 2.45) is 0 Å². The van der Waals surface area contributed by atoms with Crippen LogP contribution < -0.4 is 21.4 Å². The van der Waals surface area contributed by atoms with Gasteiger partial charge in [-0.2, -0.15) is 11.8 Å². The summed E-state index contributed by atoms with van der Waals surface area (Å²) in [6.45, 7) is 0. The van der Waals surface area contributed by atoms with Crippen LogP contribution in [0.25, 0.3) is 0 Å². The lowest BCUT2D eigenvalue weighted by atomic mass is 10.0. The molecule has 4 N–H and O–H groups in total. The van der Waals surface area contributed by atoms with E-state index in [0.29, 0.717) is 11.7 Å². The number of amides is 3. The van der Waals surface area contributed by atoms with E-state index < -0.39 is 0 Å². The van der Waals surface area contributed by atoms with Crippen LogP contribution in [0.3, 0.4) is 0 Å². The highest BCUT2D eigenvalue weighted by molar-refractivity contribution is 8.00. The number of hydrogen-bond donors (Lipinski definition) is 4. The maximum atomic E-state index is 11.9. The average molecular weight is 336 g/mol. The number of H-pyrrole nitrogens is 1. The minimum Gasteiger partial charge on any atom is -0.366 e. The smallest absolute Gasteiger partial charge is 0.315 e. The fraction of sp³-hybridized carbons (Fsp3) is 0.533. The maximum absolute atomic E-state index is 11.9. The fourth-order valence-corrected chi connectivity index (χ4v) is 4.54. The van der Waals surface area contributed by atoms with Gasteiger partial charge in [-0.25, -0.2) is 4.79 Å². The molecule has 3 atom stereocenters. The molecule has 0 aliphatic carbocycles. The molecule has 0 aromatic carbocycles. The Morgan fingerprint density at radius 3 is 3.00 bits per heavy atom. The molecule has 0 spiro atoms. The molecule has 1 aromatic heterocycles. The first-order valence-electron chi connectivity index (χ1n) is 7.79. The van der Waals surface area contributed by atoms with Gasteiger partial charge in [-0.15, -0.1) is 0 Å². The summed E-state index contributed by atoms with van der Waals surface area (Å²) in [5, 5.41) is 8.93. The van der Waals surface area contributed by atoms with Crippen molar-refractivity contribution in [2.75, 3.05) is 11.1 Å². The number of rotatable bonds is 6. The van der Waals surface area contributed by atoms with Gasteiger partial charge in [0.15, 0.2) is 0 Å². The lowest BCUT2D eigenvalue weighted by Gasteiger charge is -2.16. The van der Waals surface area contributed by atoms with Gasteiger partial charge < -0.3 is 20.9 Å². The second-order valence-electron chi connectivity index (χ2n) is 5.84. The topological polar surface area (TPSA) is 103 Å². The highest BCUT2D eigenvalue weighted by Gasteiger charge is 2.42. The Hall–Kier alpha value is -1.96. The third-order valence-electron chi connectivity index (χ3n) is 4.18. The maximum Gasteiger partial charge on any atom is 0.315 e. The van der Waals surface area contributed by atoms with Crippen molar-refractivity contribution in [1.82, 2.24) is 15.6 Å². The first-order valence-corrected chi connectivity index (χ1v) is 8.84. The number of hydrogen-bond acceptors (Lipinski definition) is 4. The molecule has 2 fully saturated rings. The summed E-state index contributed by atoms with van der Waals surface area (Å²) >= 11 is 1.88. The molecular formula is C15H20N4O3S. The van der Waals surface area contributed by atoms with E-state index in [0.717, 1.165) is 25.0 Å². The highest BCUT2D eigenvalue weighted by atomic mass is 32.2. The van der Waals surface area contributed by atoms with Crippen molar-refractivity contribution in [1.29, 1.82) is 0 Å². The van der Waals surface area contributed by atoms with Crippen LogP contribution in [0.2, 0.25) is 0 Å². The molecule has 23 heavy (non-hydrogen) atoms. The lowest BCUT2D eigenvalue weighted by Crippen LogP contribution is -2.36. The van der Waals surface area contributed by atoms with Crippen LogP contribution in [-0.4, -0.2) is 40.0 Å². The normalized spacial score (nSPS) is 25.6. The second-order valence-corrected chi connectivity index (χ2v) is 7.11. The largest absolute Gasteiger partial charge is 0.366 e. The van der Waals surface area contributed by atoms with E-state index in [2.05, 4.69) is 20.9 Å². The van der Waals surface area contributed by atoms with Crippen LogP contribution in [-0.2, 0) is 4.79 Å². The second kappa shape index (κ2) is 7.08. The molecular weight excluding hydrogens is 316 g/mol. The SMILES string of the molecule is O=C(CCCC[C@@H]1SC[C@@H]2NC(=O)N[C@@H]21)Nc1c[nH]ccc1=O. The summed E-state index contributed by atoms with van der Waals surface area (Å²) in [5.41, 5.74) is 0.0846. The summed E-state index contributed by atoms with van der Waals surface area (Å²) in [4.78, 5) is 37.5. The molecule has 2 aliphatic heterocycles. The van der Waals surface area contributed by atoms with Crippen LogP contribution in [0, 0.1) is 0 Å². The predicted octanol–water partition coefficient (Wildman–Crippen LogP) is 1.04. The average Bonchev–Trinajstić information content (AvgIpc) is 3.06. The third kappa shape index (κ3) is 3.87. The quantitative estimate of drug-likeness (QED) is 0.460. The standard InChI is InChI=1S/C15H20N4O3S/c20-11-5-6-16-7-9(11)17-13(21)4-2-1-3-12-14-10(8-23-12)18-15(22)19-14/h5-7,10,12,14H,1-4,8H2,(H,16,20)(H,17,21)(H2,18,19,22)/t10-,12-,14-/m0/s1. The van der Waals surface area contributed by atoms with Crippen molar-refractivity contribution in [2.45, 2.75) is 43.0 Å². The monoisotopic (exact) mass is 336 g/mol. The Morgan fingerprint density at radius 2 is 2.17 bits per heavy atom. The van der Waals surface area contributed by atoms with Gasteiger partial charge in [0.1, 0.15) is 5.69 Å². The van der Waals surface area contributed by atoms with Crippen molar-refractivity contribution in [3.63, 3.8) is 0 Å². The summed E-state index contributed by atoms with van der Waals surface area (Å²) < 4.78 is 0. The molecule has 3 amide bonds. The van der Waals surface area contributed by atoms with E-state index >= 15 is 0 Å². The van der Waals surface area contributed by atoms with Crippen molar-refractivity contribution in [3.8, 4) is 0 Å². The summed E-state index contributed by atoms with van der Waals surface area (Å²) in [6.07, 6.45) is 6.09. The van der Waals surface area contributed by atoms with Crippen molar-refractivity contribution >= 4 is 29.4 Å². The molecule has 2 saturated heterocycles. The molecule has 7 nitrogen and oxygen atoms in total. The first kappa shape index (κ1) is 15.9. The Kier molecular flexibility index (Phi) is 4.90. The van der Waals surface area contributed by atoms with Crippen molar-refractivity contribution < 1.29 is 9.59 Å². The molecule has 8 heteroatoms. The number of unbranched alkanes of at least 4 members (excludes halogenated alkanes) is 1. The van der Waals surface area contributed by atoms with Crippen LogP contribution in [0.5, 0.6) is 0 Å². The highest BCUT2D eigenvalue weighted by Crippen LogP contribution is 2.33. The van der Waals surface area contributed by atoms with E-state index in [1.165, 1.54) is 18.5 Å². The Bertz CT molecular complexity index is 648. The molecule has 0 saturated carbocycles. The minimum absolute atomic E-state index is 0.0715. The molecule has 0 unspecified atom stereocenters. The number of urea groups is 1. The zero-order valence-corrected chi connectivity index (χ0v) is 13.4. The molecule has 0 bridgehead atoms. The molecule has 0 radical (unpaired) electrons. The number of nitrogens with one attached hydrogen (secondary N) is 4. The molecule has 1 aromatic rings. The fourth-order valence-electron chi connectivity index (χ4n) is 3.00. The van der Waals surface area contributed by atoms with Gasteiger partial charge in [0, 0.05) is 35.9 Å². The van der Waals surface area contributed by atoms with Gasteiger partial charge in [-0.3, -0.25) is 9.59 Å². The Balaban J connectivity index is 1.37. The number of carbonyl (C=O) groups excluding carboxylic acids is 2. The summed E-state index contributed by atoms with van der Waals surface area (Å²) in [5.74, 6) is 0.806. The molecule has 3 heterocycles. The minimum atomic E-state index is -0.199. The number of thioether (sulfide) groups is 1. The van der Waals surface area contributed by atoms with Gasteiger partial charge in [0.2, 0.25) is 11.3 Å². The zero-order valence-electron chi connectivity index (χ0n) is 12.6. The van der Waals surface area contributed by atoms with E-state index in [-0.39, 0.29) is 35.1 Å². The van der Waals surface area contributed by atoms with Crippen LogP contribution in [0.4, 0.5) is 10.5 Å². The van der Waals surface area contributed by atoms with Gasteiger partial charge in [-0.1, -0.05) is 6.42 Å². The lowest BCUT2D eigenvalue weighted by molar-refractivity contribution is -0.116. The van der Waals surface area contributed by atoms with Gasteiger partial charge in [0.05, 0.1) is 12.1 Å². The Morgan fingerprint density at radius 1 is 1.30 bits per heavy atom. The zero-order chi connectivity index (χ0) is 16.2. The number of fused-ring (bicyclic) bond motifs is 1. The van der Waals surface area contributed by atoms with E-state index in [1.54, 1.807) is 0 Å². The van der Waals surface area contributed by atoms with E-state index in [9.17, 15) is 14.4 Å². The first-order chi connectivity index (χ1) is 11.1. The van der Waals surface area contributed by atoms with E-state index in [4.69, 9.17) is 0 Å². The molecule has 124 valence electrons. The van der Waals surface area contributed by atoms with Gasteiger partial charge in [0.25, 0.3) is 0 Å². The van der Waals surface area contributed by atoms with Gasteiger partial charge in [-0.05, 0) is 12.8 Å². The van der Waals surface area contributed by atoms with Gasteiger partial charge >= 0.3 is 6.03 Å². The number of aromatic nitrogens is 1. The number of aromatic amines is 1. The summed E-state index contributed by atoms with van der Waals surface area (Å²) in [6, 6.07) is 1.76. The van der Waals surface area contributed by atoms with Crippen LogP contribution >= 0.6 is 11.8 Å². The van der Waals surface area contributed by atoms with Crippen molar-refractivity contribution in [3.05, 3.63) is 28.7 Å². The van der Waals surface area contributed by atoms with Crippen LogP contribution in [0.1, 0.15) is 25.7 Å². The molecule has 3 rings (SSSR count). The number of anilines is 1. The third-order valence-corrected chi connectivity index (χ3v) is 5.69. The predicted molar refractivity (Wildman–Crippen MR) is 89.6 cm³/mol. The van der Waals surface area contributed by atoms with Crippen LogP contribution in [0.15, 0.2) is 23.3 Å². The van der Waals surface area contributed by atoms with E-state index in [1.807, 2.05) is 11.8 Å².